The summed E-state index contributed by atoms with van der Waals surface area (Å²) in [5.41, 5.74) is 5.85. The van der Waals surface area contributed by atoms with Crippen LogP contribution in [-0.4, -0.2) is 37.5 Å². The topological polar surface area (TPSA) is 72.6 Å². The van der Waals surface area contributed by atoms with Gasteiger partial charge in [-0.1, -0.05) is 0 Å². The Morgan fingerprint density at radius 2 is 2.11 bits per heavy atom. The Labute approximate surface area is 104 Å². The summed E-state index contributed by atoms with van der Waals surface area (Å²) >= 11 is 0. The van der Waals surface area contributed by atoms with Crippen LogP contribution >= 0.6 is 0 Å². The van der Waals surface area contributed by atoms with Crippen LogP contribution in [0.5, 0.6) is 0 Å². The molecule has 0 heterocycles. The average Bonchev–Trinajstić information content (AvgIpc) is 2.34. The number of nitrogens with zero attached hydrogens (tertiary/aromatic N) is 1. The molecule has 2 N–H and O–H groups in total. The normalized spacial score (nSPS) is 9.94. The van der Waals surface area contributed by atoms with Gasteiger partial charge in [0.25, 0.3) is 5.91 Å². The van der Waals surface area contributed by atoms with Crippen LogP contribution in [0.4, 0.5) is 10.1 Å². The zero-order chi connectivity index (χ0) is 13.7. The number of halogens is 1. The van der Waals surface area contributed by atoms with Gasteiger partial charge in [-0.05, 0) is 18.2 Å². The Balaban J connectivity index is 2.71. The van der Waals surface area contributed by atoms with E-state index in [4.69, 9.17) is 5.73 Å². The Kier molecular flexibility index (Phi) is 4.65. The third-order valence-corrected chi connectivity index (χ3v) is 2.47. The summed E-state index contributed by atoms with van der Waals surface area (Å²) in [5.74, 6) is -1.26. The van der Waals surface area contributed by atoms with Crippen LogP contribution < -0.4 is 5.73 Å². The van der Waals surface area contributed by atoms with Gasteiger partial charge in [-0.3, -0.25) is 9.59 Å². The van der Waals surface area contributed by atoms with Gasteiger partial charge < -0.3 is 15.4 Å². The minimum atomic E-state index is -0.499. The van der Waals surface area contributed by atoms with E-state index in [2.05, 4.69) is 4.74 Å². The van der Waals surface area contributed by atoms with Gasteiger partial charge in [0.1, 0.15) is 5.82 Å². The minimum absolute atomic E-state index is 0.0740. The van der Waals surface area contributed by atoms with Gasteiger partial charge in [0.2, 0.25) is 0 Å². The summed E-state index contributed by atoms with van der Waals surface area (Å²) in [5, 5.41) is 0. The van der Waals surface area contributed by atoms with E-state index in [1.807, 2.05) is 0 Å². The van der Waals surface area contributed by atoms with Crippen molar-refractivity contribution >= 4 is 17.6 Å². The number of benzene rings is 1. The molecule has 0 spiro atoms. The molecule has 18 heavy (non-hydrogen) atoms. The fourth-order valence-electron chi connectivity index (χ4n) is 1.40. The second-order valence-corrected chi connectivity index (χ2v) is 3.78. The van der Waals surface area contributed by atoms with Crippen molar-refractivity contribution in [3.05, 3.63) is 29.6 Å². The number of hydrogen-bond donors (Lipinski definition) is 1. The standard InChI is InChI=1S/C12H15FN2O3/c1-15(6-5-11(16)18-2)12(17)9-4-3-8(13)7-10(9)14/h3-4,7H,5-6,14H2,1-2H3. The predicted octanol–water partition coefficient (Wildman–Crippen LogP) is 1.04. The van der Waals surface area contributed by atoms with Crippen LogP contribution in [0.2, 0.25) is 0 Å². The summed E-state index contributed by atoms with van der Waals surface area (Å²) < 4.78 is 17.3. The Hall–Kier alpha value is -2.11. The van der Waals surface area contributed by atoms with Gasteiger partial charge in [0, 0.05) is 19.3 Å². The maximum Gasteiger partial charge on any atom is 0.307 e. The maximum absolute atomic E-state index is 12.8. The Bertz CT molecular complexity index is 463. The molecule has 0 aliphatic carbocycles. The summed E-state index contributed by atoms with van der Waals surface area (Å²) in [6.07, 6.45) is 0.0971. The molecule has 0 atom stereocenters. The lowest BCUT2D eigenvalue weighted by Crippen LogP contribution is -2.29. The number of anilines is 1. The molecule has 0 unspecified atom stereocenters. The van der Waals surface area contributed by atoms with Crippen molar-refractivity contribution in [3.63, 3.8) is 0 Å². The van der Waals surface area contributed by atoms with Gasteiger partial charge in [0.15, 0.2) is 0 Å². The quantitative estimate of drug-likeness (QED) is 0.643. The lowest BCUT2D eigenvalue weighted by Gasteiger charge is -2.17. The van der Waals surface area contributed by atoms with E-state index >= 15 is 0 Å². The first-order valence-corrected chi connectivity index (χ1v) is 5.33. The maximum atomic E-state index is 12.8. The average molecular weight is 254 g/mol. The molecule has 1 rings (SSSR count). The number of esters is 1. The summed E-state index contributed by atoms with van der Waals surface area (Å²) in [7, 11) is 2.82. The van der Waals surface area contributed by atoms with E-state index < -0.39 is 11.8 Å². The molecule has 0 bridgehead atoms. The first kappa shape index (κ1) is 14.0. The molecule has 6 heteroatoms. The lowest BCUT2D eigenvalue weighted by molar-refractivity contribution is -0.140. The zero-order valence-electron chi connectivity index (χ0n) is 10.3. The third-order valence-electron chi connectivity index (χ3n) is 2.47. The highest BCUT2D eigenvalue weighted by Gasteiger charge is 2.16. The fourth-order valence-corrected chi connectivity index (χ4v) is 1.40. The number of carbonyl (C=O) groups excluding carboxylic acids is 2. The minimum Gasteiger partial charge on any atom is -0.469 e. The number of methoxy groups -OCH3 is 1. The molecule has 98 valence electrons. The van der Waals surface area contributed by atoms with Gasteiger partial charge in [0.05, 0.1) is 19.1 Å². The van der Waals surface area contributed by atoms with Crippen molar-refractivity contribution < 1.29 is 18.7 Å². The van der Waals surface area contributed by atoms with Crippen molar-refractivity contribution in [2.75, 3.05) is 26.4 Å². The van der Waals surface area contributed by atoms with Crippen LogP contribution in [0.15, 0.2) is 18.2 Å². The molecule has 1 aromatic carbocycles. The molecule has 0 aromatic heterocycles. The number of nitrogen functional groups attached to an aromatic ring is 1. The van der Waals surface area contributed by atoms with Crippen LogP contribution in [-0.2, 0) is 9.53 Å². The van der Waals surface area contributed by atoms with E-state index in [1.54, 1.807) is 0 Å². The molecule has 0 aliphatic rings. The van der Waals surface area contributed by atoms with Gasteiger partial charge >= 0.3 is 5.97 Å². The van der Waals surface area contributed by atoms with E-state index in [9.17, 15) is 14.0 Å². The Morgan fingerprint density at radius 1 is 1.44 bits per heavy atom. The first-order chi connectivity index (χ1) is 8.45. The summed E-state index contributed by atoms with van der Waals surface area (Å²) in [6.45, 7) is 0.211. The SMILES string of the molecule is COC(=O)CCN(C)C(=O)c1ccc(F)cc1N. The highest BCUT2D eigenvalue weighted by atomic mass is 19.1. The summed E-state index contributed by atoms with van der Waals surface area (Å²) in [4.78, 5) is 24.2. The molecule has 0 saturated carbocycles. The third kappa shape index (κ3) is 3.44. The fraction of sp³-hybridized carbons (Fsp3) is 0.333. The van der Waals surface area contributed by atoms with E-state index in [-0.39, 0.29) is 30.1 Å². The van der Waals surface area contributed by atoms with Gasteiger partial charge in [-0.2, -0.15) is 0 Å². The highest BCUT2D eigenvalue weighted by Crippen LogP contribution is 2.15. The largest absolute Gasteiger partial charge is 0.469 e. The lowest BCUT2D eigenvalue weighted by atomic mass is 10.1. The number of nitrogens with two attached hydrogens (primary N) is 1. The van der Waals surface area contributed by atoms with Crippen molar-refractivity contribution in [1.82, 2.24) is 4.90 Å². The molecular weight excluding hydrogens is 239 g/mol. The van der Waals surface area contributed by atoms with Crippen LogP contribution in [0, 0.1) is 5.82 Å². The van der Waals surface area contributed by atoms with Crippen LogP contribution in [0.1, 0.15) is 16.8 Å². The van der Waals surface area contributed by atoms with E-state index in [1.165, 1.54) is 25.1 Å². The molecule has 0 aliphatic heterocycles. The second-order valence-electron chi connectivity index (χ2n) is 3.78. The molecule has 0 fully saturated rings. The number of hydrogen-bond acceptors (Lipinski definition) is 4. The Morgan fingerprint density at radius 3 is 2.67 bits per heavy atom. The van der Waals surface area contributed by atoms with Crippen LogP contribution in [0.25, 0.3) is 0 Å². The number of amides is 1. The summed E-state index contributed by atoms with van der Waals surface area (Å²) in [6, 6.07) is 3.57. The van der Waals surface area contributed by atoms with E-state index in [0.717, 1.165) is 12.1 Å². The number of rotatable bonds is 4. The number of carbonyl (C=O) groups is 2. The molecule has 0 radical (unpaired) electrons. The van der Waals surface area contributed by atoms with Gasteiger partial charge in [-0.25, -0.2) is 4.39 Å². The molecular formula is C12H15FN2O3. The molecule has 5 nitrogen and oxygen atoms in total. The molecule has 1 amide bonds. The highest BCUT2D eigenvalue weighted by molar-refractivity contribution is 5.99. The van der Waals surface area contributed by atoms with Gasteiger partial charge in [-0.15, -0.1) is 0 Å². The van der Waals surface area contributed by atoms with Crippen molar-refractivity contribution in [1.29, 1.82) is 0 Å². The molecule has 0 saturated heterocycles. The smallest absolute Gasteiger partial charge is 0.307 e. The second kappa shape index (κ2) is 6.00. The predicted molar refractivity (Wildman–Crippen MR) is 64.4 cm³/mol. The van der Waals surface area contributed by atoms with Crippen molar-refractivity contribution in [2.45, 2.75) is 6.42 Å². The first-order valence-electron chi connectivity index (χ1n) is 5.33. The van der Waals surface area contributed by atoms with E-state index in [0.29, 0.717) is 0 Å². The van der Waals surface area contributed by atoms with Crippen LogP contribution in [0.3, 0.4) is 0 Å². The molecule has 1 aromatic rings. The van der Waals surface area contributed by atoms with Crippen molar-refractivity contribution in [3.8, 4) is 0 Å². The zero-order valence-corrected chi connectivity index (χ0v) is 10.3. The monoisotopic (exact) mass is 254 g/mol. The number of ether oxygens (including phenoxy) is 1. The van der Waals surface area contributed by atoms with Crippen molar-refractivity contribution in [2.24, 2.45) is 0 Å².